The number of rotatable bonds is 7. The van der Waals surface area contributed by atoms with E-state index < -0.39 is 0 Å². The molecule has 114 valence electrons. The van der Waals surface area contributed by atoms with Crippen molar-refractivity contribution >= 4 is 5.91 Å². The molecule has 1 aromatic carbocycles. The summed E-state index contributed by atoms with van der Waals surface area (Å²) in [6.07, 6.45) is 6.45. The van der Waals surface area contributed by atoms with Gasteiger partial charge in [0.25, 0.3) is 5.91 Å². The maximum atomic E-state index is 11.8. The van der Waals surface area contributed by atoms with Crippen LogP contribution in [0.15, 0.2) is 18.2 Å². The first-order valence-electron chi connectivity index (χ1n) is 7.83. The van der Waals surface area contributed by atoms with Crippen molar-refractivity contribution in [1.82, 2.24) is 5.32 Å². The molecule has 4 heteroatoms. The van der Waals surface area contributed by atoms with E-state index in [0.29, 0.717) is 6.54 Å². The lowest BCUT2D eigenvalue weighted by atomic mass is 10.0. The normalized spacial score (nSPS) is 18.1. The number of aryl methyl sites for hydroxylation is 2. The summed E-state index contributed by atoms with van der Waals surface area (Å²) in [5.74, 6) is 0.696. The average molecular weight is 289 g/mol. The second-order valence-electron chi connectivity index (χ2n) is 6.32. The SMILES string of the molecule is O=C(COc1ccc2c(c1)CCC2)NCC1(CCO)CC1. The van der Waals surface area contributed by atoms with Gasteiger partial charge in [-0.15, -0.1) is 0 Å². The minimum absolute atomic E-state index is 0.0635. The summed E-state index contributed by atoms with van der Waals surface area (Å²) in [6.45, 7) is 0.912. The van der Waals surface area contributed by atoms with Crippen LogP contribution in [-0.4, -0.2) is 30.8 Å². The fourth-order valence-electron chi connectivity index (χ4n) is 3.05. The molecular weight excluding hydrogens is 266 g/mol. The molecule has 0 radical (unpaired) electrons. The van der Waals surface area contributed by atoms with Gasteiger partial charge in [-0.05, 0) is 67.2 Å². The van der Waals surface area contributed by atoms with E-state index in [1.54, 1.807) is 0 Å². The van der Waals surface area contributed by atoms with Gasteiger partial charge in [0.2, 0.25) is 0 Å². The molecule has 0 saturated heterocycles. The number of ether oxygens (including phenoxy) is 1. The Morgan fingerprint density at radius 2 is 2.10 bits per heavy atom. The van der Waals surface area contributed by atoms with Crippen LogP contribution < -0.4 is 10.1 Å². The lowest BCUT2D eigenvalue weighted by Crippen LogP contribution is -2.34. The number of nitrogens with one attached hydrogen (secondary N) is 1. The van der Waals surface area contributed by atoms with Crippen molar-refractivity contribution in [3.8, 4) is 5.75 Å². The Hall–Kier alpha value is -1.55. The highest BCUT2D eigenvalue weighted by Crippen LogP contribution is 2.47. The first kappa shape index (κ1) is 14.4. The van der Waals surface area contributed by atoms with Gasteiger partial charge in [0.1, 0.15) is 5.75 Å². The van der Waals surface area contributed by atoms with Crippen molar-refractivity contribution < 1.29 is 14.6 Å². The minimum atomic E-state index is -0.0836. The lowest BCUT2D eigenvalue weighted by molar-refractivity contribution is -0.123. The molecule has 0 bridgehead atoms. The summed E-state index contributed by atoms with van der Waals surface area (Å²) in [5.41, 5.74) is 2.91. The Morgan fingerprint density at radius 3 is 2.86 bits per heavy atom. The van der Waals surface area contributed by atoms with Crippen molar-refractivity contribution in [2.24, 2.45) is 5.41 Å². The van der Waals surface area contributed by atoms with E-state index in [1.807, 2.05) is 6.07 Å². The Bertz CT molecular complexity index is 523. The molecule has 1 saturated carbocycles. The fourth-order valence-corrected chi connectivity index (χ4v) is 3.05. The van der Waals surface area contributed by atoms with Crippen LogP contribution >= 0.6 is 0 Å². The van der Waals surface area contributed by atoms with Gasteiger partial charge >= 0.3 is 0 Å². The highest BCUT2D eigenvalue weighted by molar-refractivity contribution is 5.77. The monoisotopic (exact) mass is 289 g/mol. The first-order chi connectivity index (χ1) is 10.2. The predicted molar refractivity (Wildman–Crippen MR) is 80.3 cm³/mol. The predicted octanol–water partition coefficient (Wildman–Crippen LogP) is 1.83. The third kappa shape index (κ3) is 3.56. The number of hydrogen-bond acceptors (Lipinski definition) is 3. The van der Waals surface area contributed by atoms with Crippen molar-refractivity contribution in [3.05, 3.63) is 29.3 Å². The number of carbonyl (C=O) groups is 1. The molecule has 4 nitrogen and oxygen atoms in total. The number of aliphatic hydroxyl groups excluding tert-OH is 1. The van der Waals surface area contributed by atoms with E-state index in [2.05, 4.69) is 17.4 Å². The number of fused-ring (bicyclic) bond motifs is 1. The van der Waals surface area contributed by atoms with Crippen LogP contribution in [0, 0.1) is 5.41 Å². The molecule has 0 aromatic heterocycles. The molecule has 3 rings (SSSR count). The standard InChI is InChI=1S/C17H23NO3/c19-9-8-17(6-7-17)12-18-16(20)11-21-15-5-4-13-2-1-3-14(13)10-15/h4-5,10,19H,1-3,6-9,11-12H2,(H,18,20). The fraction of sp³-hybridized carbons (Fsp3) is 0.588. The highest BCUT2D eigenvalue weighted by Gasteiger charge is 2.41. The third-order valence-electron chi connectivity index (χ3n) is 4.70. The number of carbonyl (C=O) groups excluding carboxylic acids is 1. The van der Waals surface area contributed by atoms with E-state index in [-0.39, 0.29) is 24.5 Å². The summed E-state index contributed by atoms with van der Waals surface area (Å²) in [5, 5.41) is 11.9. The second-order valence-corrected chi connectivity index (χ2v) is 6.32. The number of aliphatic hydroxyl groups is 1. The van der Waals surface area contributed by atoms with E-state index in [0.717, 1.165) is 37.9 Å². The molecule has 1 amide bonds. The summed E-state index contributed by atoms with van der Waals surface area (Å²) in [7, 11) is 0. The third-order valence-corrected chi connectivity index (χ3v) is 4.70. The molecule has 0 heterocycles. The summed E-state index contributed by atoms with van der Waals surface area (Å²) in [4.78, 5) is 11.8. The van der Waals surface area contributed by atoms with E-state index >= 15 is 0 Å². The van der Waals surface area contributed by atoms with Crippen molar-refractivity contribution in [1.29, 1.82) is 0 Å². The van der Waals surface area contributed by atoms with Crippen LogP contribution in [0.5, 0.6) is 5.75 Å². The quantitative estimate of drug-likeness (QED) is 0.805. The zero-order valence-electron chi connectivity index (χ0n) is 12.4. The Labute approximate surface area is 125 Å². The van der Waals surface area contributed by atoms with E-state index in [1.165, 1.54) is 17.5 Å². The molecule has 21 heavy (non-hydrogen) atoms. The molecule has 0 aliphatic heterocycles. The zero-order valence-corrected chi connectivity index (χ0v) is 12.4. The Morgan fingerprint density at radius 1 is 1.29 bits per heavy atom. The van der Waals surface area contributed by atoms with Crippen molar-refractivity contribution in [3.63, 3.8) is 0 Å². The highest BCUT2D eigenvalue weighted by atomic mass is 16.5. The van der Waals surface area contributed by atoms with Crippen molar-refractivity contribution in [2.45, 2.75) is 38.5 Å². The molecule has 2 aliphatic rings. The molecule has 2 aliphatic carbocycles. The van der Waals surface area contributed by atoms with Crippen LogP contribution in [-0.2, 0) is 17.6 Å². The largest absolute Gasteiger partial charge is 0.484 e. The summed E-state index contributed by atoms with van der Waals surface area (Å²) in [6, 6.07) is 6.12. The average Bonchev–Trinajstić information content (AvgIpc) is 3.09. The van der Waals surface area contributed by atoms with Crippen molar-refractivity contribution in [2.75, 3.05) is 19.8 Å². The Kier molecular flexibility index (Phi) is 4.15. The lowest BCUT2D eigenvalue weighted by Gasteiger charge is -2.15. The maximum Gasteiger partial charge on any atom is 0.257 e. The van der Waals surface area contributed by atoms with Gasteiger partial charge in [-0.2, -0.15) is 0 Å². The van der Waals surface area contributed by atoms with Gasteiger partial charge in [0.15, 0.2) is 6.61 Å². The molecular formula is C17H23NO3. The van der Waals surface area contributed by atoms with Gasteiger partial charge < -0.3 is 15.2 Å². The smallest absolute Gasteiger partial charge is 0.257 e. The number of hydrogen-bond donors (Lipinski definition) is 2. The molecule has 0 unspecified atom stereocenters. The van der Waals surface area contributed by atoms with Crippen LogP contribution in [0.4, 0.5) is 0 Å². The minimum Gasteiger partial charge on any atom is -0.484 e. The summed E-state index contributed by atoms with van der Waals surface area (Å²) >= 11 is 0. The second kappa shape index (κ2) is 6.06. The van der Waals surface area contributed by atoms with Gasteiger partial charge in [-0.25, -0.2) is 0 Å². The molecule has 1 aromatic rings. The number of amides is 1. The van der Waals surface area contributed by atoms with Crippen LogP contribution in [0.2, 0.25) is 0 Å². The Balaban J connectivity index is 1.43. The maximum absolute atomic E-state index is 11.8. The van der Waals surface area contributed by atoms with Gasteiger partial charge in [0, 0.05) is 13.2 Å². The van der Waals surface area contributed by atoms with Gasteiger partial charge in [-0.1, -0.05) is 6.07 Å². The first-order valence-corrected chi connectivity index (χ1v) is 7.83. The summed E-state index contributed by atoms with van der Waals surface area (Å²) < 4.78 is 5.58. The van der Waals surface area contributed by atoms with Crippen LogP contribution in [0.25, 0.3) is 0 Å². The van der Waals surface area contributed by atoms with Gasteiger partial charge in [-0.3, -0.25) is 4.79 Å². The molecule has 1 fully saturated rings. The van der Waals surface area contributed by atoms with Crippen LogP contribution in [0.1, 0.15) is 36.8 Å². The molecule has 0 spiro atoms. The zero-order chi connectivity index (χ0) is 14.7. The molecule has 2 N–H and O–H groups in total. The van der Waals surface area contributed by atoms with E-state index in [9.17, 15) is 4.79 Å². The molecule has 0 atom stereocenters. The van der Waals surface area contributed by atoms with E-state index in [4.69, 9.17) is 9.84 Å². The van der Waals surface area contributed by atoms with Crippen LogP contribution in [0.3, 0.4) is 0 Å². The van der Waals surface area contributed by atoms with Gasteiger partial charge in [0.05, 0.1) is 0 Å². The topological polar surface area (TPSA) is 58.6 Å². The number of benzene rings is 1.